The van der Waals surface area contributed by atoms with Crippen molar-refractivity contribution in [3.8, 4) is 5.75 Å². The average molecular weight is 508 g/mol. The van der Waals surface area contributed by atoms with Crippen LogP contribution in [0.4, 0.5) is 21.9 Å². The molecule has 2 heterocycles. The van der Waals surface area contributed by atoms with E-state index in [9.17, 15) is 13.2 Å². The molecule has 34 heavy (non-hydrogen) atoms. The van der Waals surface area contributed by atoms with E-state index in [4.69, 9.17) is 21.1 Å². The quantitative estimate of drug-likeness (QED) is 0.627. The fourth-order valence-electron chi connectivity index (χ4n) is 4.36. The molecule has 184 valence electrons. The molecular weight excluding hydrogens is 478 g/mol. The summed E-state index contributed by atoms with van der Waals surface area (Å²) in [4.78, 5) is 16.5. The molecule has 1 saturated heterocycles. The van der Waals surface area contributed by atoms with Crippen molar-refractivity contribution in [3.05, 3.63) is 41.4 Å². The molecule has 0 atom stereocenters. The molecule has 0 aliphatic carbocycles. The van der Waals surface area contributed by atoms with E-state index >= 15 is 0 Å². The Morgan fingerprint density at radius 2 is 1.88 bits per heavy atom. The van der Waals surface area contributed by atoms with E-state index in [1.165, 1.54) is 12.1 Å². The Labute approximate surface area is 205 Å². The smallest absolute Gasteiger partial charge is 0.410 e. The molecule has 10 heteroatoms. The Balaban J connectivity index is 1.50. The lowest BCUT2D eigenvalue weighted by Crippen LogP contribution is -2.49. The molecule has 1 N–H and O–H groups in total. The molecule has 0 bridgehead atoms. The number of fused-ring (bicyclic) bond motifs is 1. The number of amides is 1. The van der Waals surface area contributed by atoms with Gasteiger partial charge in [0.1, 0.15) is 6.61 Å². The summed E-state index contributed by atoms with van der Waals surface area (Å²) in [5, 5.41) is 3.61. The third-order valence-electron chi connectivity index (χ3n) is 6.02. The van der Waals surface area contributed by atoms with Gasteiger partial charge in [-0.15, -0.1) is 0 Å². The number of anilines is 3. The molecule has 2 aromatic rings. The predicted octanol–water partition coefficient (Wildman–Crippen LogP) is 4.70. The largest absolute Gasteiger partial charge is 0.487 e. The van der Waals surface area contributed by atoms with Gasteiger partial charge in [0.05, 0.1) is 39.6 Å². The lowest BCUT2D eigenvalue weighted by Gasteiger charge is -2.42. The number of hydrogen-bond donors (Lipinski definition) is 1. The zero-order chi connectivity index (χ0) is 24.5. The van der Waals surface area contributed by atoms with E-state index in [0.29, 0.717) is 36.4 Å². The lowest BCUT2D eigenvalue weighted by atomic mass is 10.0. The SMILES string of the molecule is CC(C)OC(=O)N1CCC(N2CCOc3c(Nc4ccc(S(C)(=O)=O)cc4Cl)cccc32)CC1. The van der Waals surface area contributed by atoms with Gasteiger partial charge in [0.15, 0.2) is 15.6 Å². The number of nitrogens with zero attached hydrogens (tertiary/aromatic N) is 2. The minimum Gasteiger partial charge on any atom is -0.487 e. The highest BCUT2D eigenvalue weighted by Gasteiger charge is 2.31. The van der Waals surface area contributed by atoms with E-state index < -0.39 is 9.84 Å². The number of rotatable bonds is 5. The van der Waals surface area contributed by atoms with Gasteiger partial charge in [0, 0.05) is 25.4 Å². The van der Waals surface area contributed by atoms with Crippen molar-refractivity contribution in [2.45, 2.75) is 43.7 Å². The summed E-state index contributed by atoms with van der Waals surface area (Å²) in [5.74, 6) is 0.735. The van der Waals surface area contributed by atoms with Crippen molar-refractivity contribution in [1.29, 1.82) is 0 Å². The maximum absolute atomic E-state index is 12.2. The Kier molecular flexibility index (Phi) is 7.14. The summed E-state index contributed by atoms with van der Waals surface area (Å²) >= 11 is 6.37. The zero-order valence-corrected chi connectivity index (χ0v) is 21.2. The second kappa shape index (κ2) is 9.92. The number of sulfone groups is 1. The maximum atomic E-state index is 12.2. The number of hydrogen-bond acceptors (Lipinski definition) is 7. The fourth-order valence-corrected chi connectivity index (χ4v) is 5.30. The number of halogens is 1. The van der Waals surface area contributed by atoms with Crippen LogP contribution in [0.15, 0.2) is 41.3 Å². The van der Waals surface area contributed by atoms with Crippen LogP contribution < -0.4 is 15.0 Å². The number of carbonyl (C=O) groups is 1. The van der Waals surface area contributed by atoms with E-state index in [1.807, 2.05) is 32.0 Å². The minimum absolute atomic E-state index is 0.127. The molecule has 4 rings (SSSR count). The van der Waals surface area contributed by atoms with Crippen molar-refractivity contribution in [2.24, 2.45) is 0 Å². The predicted molar refractivity (Wildman–Crippen MR) is 133 cm³/mol. The number of ether oxygens (including phenoxy) is 2. The maximum Gasteiger partial charge on any atom is 0.410 e. The molecule has 2 aliphatic rings. The second-order valence-electron chi connectivity index (χ2n) is 8.89. The first kappa shape index (κ1) is 24.5. The third-order valence-corrected chi connectivity index (χ3v) is 7.44. The van der Waals surface area contributed by atoms with Gasteiger partial charge in [-0.1, -0.05) is 17.7 Å². The number of para-hydroxylation sites is 1. The molecule has 8 nitrogen and oxygen atoms in total. The Hall–Kier alpha value is -2.65. The normalized spacial score (nSPS) is 16.7. The van der Waals surface area contributed by atoms with Gasteiger partial charge in [0.2, 0.25) is 0 Å². The van der Waals surface area contributed by atoms with Crippen molar-refractivity contribution in [2.75, 3.05) is 42.7 Å². The molecule has 0 radical (unpaired) electrons. The number of benzene rings is 2. The molecule has 1 fully saturated rings. The number of carbonyl (C=O) groups excluding carboxylic acids is 1. The Morgan fingerprint density at radius 3 is 2.53 bits per heavy atom. The van der Waals surface area contributed by atoms with Gasteiger partial charge >= 0.3 is 6.09 Å². The average Bonchev–Trinajstić information content (AvgIpc) is 2.79. The summed E-state index contributed by atoms with van der Waals surface area (Å²) in [6.45, 7) is 6.33. The van der Waals surface area contributed by atoms with Gasteiger partial charge in [0.25, 0.3) is 0 Å². The fraction of sp³-hybridized carbons (Fsp3) is 0.458. The van der Waals surface area contributed by atoms with Crippen LogP contribution in [0.3, 0.4) is 0 Å². The first-order valence-corrected chi connectivity index (χ1v) is 13.6. The standard InChI is InChI=1S/C24H30ClN3O5S/c1-16(2)33-24(29)27-11-9-17(10-12-27)28-13-14-32-23-21(5-4-6-22(23)28)26-20-8-7-18(15-19(20)25)34(3,30)31/h4-8,15-17,26H,9-14H2,1-3H3. The highest BCUT2D eigenvalue weighted by atomic mass is 35.5. The molecule has 0 spiro atoms. The van der Waals surface area contributed by atoms with E-state index in [1.54, 1.807) is 11.0 Å². The van der Waals surface area contributed by atoms with Crippen molar-refractivity contribution >= 4 is 44.6 Å². The summed E-state index contributed by atoms with van der Waals surface area (Å²) in [5.41, 5.74) is 2.35. The second-order valence-corrected chi connectivity index (χ2v) is 11.3. The summed E-state index contributed by atoms with van der Waals surface area (Å²) in [6.07, 6.45) is 2.48. The Bertz CT molecular complexity index is 1160. The number of piperidine rings is 1. The van der Waals surface area contributed by atoms with Gasteiger partial charge in [-0.05, 0) is 57.0 Å². The van der Waals surface area contributed by atoms with Crippen LogP contribution in [0.5, 0.6) is 5.75 Å². The van der Waals surface area contributed by atoms with Crippen molar-refractivity contribution in [3.63, 3.8) is 0 Å². The molecule has 0 aromatic heterocycles. The Morgan fingerprint density at radius 1 is 1.15 bits per heavy atom. The number of likely N-dealkylation sites (tertiary alicyclic amines) is 1. The highest BCUT2D eigenvalue weighted by Crippen LogP contribution is 2.42. The van der Waals surface area contributed by atoms with Crippen molar-refractivity contribution in [1.82, 2.24) is 4.90 Å². The third kappa shape index (κ3) is 5.36. The molecule has 2 aromatic carbocycles. The first-order valence-electron chi connectivity index (χ1n) is 11.4. The van der Waals surface area contributed by atoms with Crippen LogP contribution in [-0.2, 0) is 14.6 Å². The van der Waals surface area contributed by atoms with Crippen LogP contribution >= 0.6 is 11.6 Å². The van der Waals surface area contributed by atoms with Crippen molar-refractivity contribution < 1.29 is 22.7 Å². The molecule has 0 saturated carbocycles. The van der Waals surface area contributed by atoms with Crippen LogP contribution in [0.1, 0.15) is 26.7 Å². The van der Waals surface area contributed by atoms with Crippen LogP contribution in [-0.4, -0.2) is 64.1 Å². The zero-order valence-electron chi connectivity index (χ0n) is 19.6. The van der Waals surface area contributed by atoms with Gasteiger partial charge < -0.3 is 24.6 Å². The van der Waals surface area contributed by atoms with Crippen LogP contribution in [0.25, 0.3) is 0 Å². The minimum atomic E-state index is -3.34. The van der Waals surface area contributed by atoms with Gasteiger partial charge in [-0.25, -0.2) is 13.2 Å². The summed E-state index contributed by atoms with van der Waals surface area (Å²) < 4.78 is 35.0. The topological polar surface area (TPSA) is 88.2 Å². The molecule has 2 aliphatic heterocycles. The van der Waals surface area contributed by atoms with E-state index in [0.717, 1.165) is 42.8 Å². The van der Waals surface area contributed by atoms with Crippen LogP contribution in [0.2, 0.25) is 5.02 Å². The first-order chi connectivity index (χ1) is 16.1. The van der Waals surface area contributed by atoms with E-state index in [-0.39, 0.29) is 17.1 Å². The highest BCUT2D eigenvalue weighted by molar-refractivity contribution is 7.90. The van der Waals surface area contributed by atoms with E-state index in [2.05, 4.69) is 10.2 Å². The lowest BCUT2D eigenvalue weighted by molar-refractivity contribution is 0.0687. The molecular formula is C24H30ClN3O5S. The molecule has 0 unspecified atom stereocenters. The van der Waals surface area contributed by atoms with Gasteiger partial charge in [-0.3, -0.25) is 0 Å². The van der Waals surface area contributed by atoms with Crippen LogP contribution in [0, 0.1) is 0 Å². The molecule has 1 amide bonds. The monoisotopic (exact) mass is 507 g/mol. The van der Waals surface area contributed by atoms with Gasteiger partial charge in [-0.2, -0.15) is 0 Å². The number of nitrogens with one attached hydrogen (secondary N) is 1. The summed E-state index contributed by atoms with van der Waals surface area (Å²) in [6, 6.07) is 10.8. The summed E-state index contributed by atoms with van der Waals surface area (Å²) in [7, 11) is -3.34.